The molecule has 1 rings (SSSR count). The number of hydrogen-bond acceptors (Lipinski definition) is 7. The summed E-state index contributed by atoms with van der Waals surface area (Å²) in [6, 6.07) is 0. The van der Waals surface area contributed by atoms with Gasteiger partial charge in [-0.15, -0.1) is 5.10 Å². The van der Waals surface area contributed by atoms with E-state index in [1.165, 1.54) is 14.1 Å². The summed E-state index contributed by atoms with van der Waals surface area (Å²) >= 11 is 0. The highest BCUT2D eigenvalue weighted by molar-refractivity contribution is 6.04. The fourth-order valence-corrected chi connectivity index (χ4v) is 1.67. The number of hydrogen-bond donors (Lipinski definition) is 3. The molecule has 1 aromatic heterocycles. The molecule has 0 aromatic carbocycles. The number of guanidine groups is 1. The minimum atomic E-state index is -0.861. The van der Waals surface area contributed by atoms with Crippen LogP contribution in [0.5, 0.6) is 0 Å². The molecule has 0 atom stereocenters. The van der Waals surface area contributed by atoms with Gasteiger partial charge in [0.05, 0.1) is 0 Å². The van der Waals surface area contributed by atoms with Gasteiger partial charge in [0.15, 0.2) is 0 Å². The molecule has 0 unspecified atom stereocenters. The summed E-state index contributed by atoms with van der Waals surface area (Å²) in [6.45, 7) is 3.85. The third-order valence-corrected chi connectivity index (χ3v) is 2.65. The van der Waals surface area contributed by atoms with Gasteiger partial charge < -0.3 is 5.84 Å². The van der Waals surface area contributed by atoms with Crippen LogP contribution in [-0.4, -0.2) is 38.3 Å². The Labute approximate surface area is 126 Å². The highest BCUT2D eigenvalue weighted by atomic mass is 16.2. The third kappa shape index (κ3) is 3.69. The predicted molar refractivity (Wildman–Crippen MR) is 79.6 cm³/mol. The molecule has 0 aliphatic heterocycles. The zero-order valence-corrected chi connectivity index (χ0v) is 12.9. The maximum atomic E-state index is 12.3. The number of aryl methyl sites for hydroxylation is 1. The Bertz CT molecular complexity index is 700. The molecular formula is C11H20N8O3. The molecule has 1 heterocycles. The summed E-state index contributed by atoms with van der Waals surface area (Å²) < 4.78 is 1.88. The van der Waals surface area contributed by atoms with Crippen molar-refractivity contribution in [3.05, 3.63) is 26.5 Å². The Morgan fingerprint density at radius 3 is 2.50 bits per heavy atom. The van der Waals surface area contributed by atoms with Crippen molar-refractivity contribution in [2.45, 2.75) is 20.4 Å². The van der Waals surface area contributed by atoms with Gasteiger partial charge in [-0.3, -0.25) is 24.5 Å². The Balaban J connectivity index is 3.32. The van der Waals surface area contributed by atoms with Gasteiger partial charge in [0, 0.05) is 20.6 Å². The number of carbonyl (C=O) groups is 1. The van der Waals surface area contributed by atoms with Crippen molar-refractivity contribution in [3.63, 3.8) is 0 Å². The van der Waals surface area contributed by atoms with E-state index in [0.29, 0.717) is 0 Å². The number of nitrogens with zero attached hydrogens (tertiary/aromatic N) is 5. The van der Waals surface area contributed by atoms with E-state index in [0.717, 1.165) is 14.3 Å². The van der Waals surface area contributed by atoms with Crippen molar-refractivity contribution >= 4 is 11.9 Å². The van der Waals surface area contributed by atoms with Crippen molar-refractivity contribution in [2.24, 2.45) is 29.8 Å². The first kappa shape index (κ1) is 17.4. The molecule has 0 spiro atoms. The maximum Gasteiger partial charge on any atom is 0.347 e. The van der Waals surface area contributed by atoms with Crippen LogP contribution in [0.3, 0.4) is 0 Å². The van der Waals surface area contributed by atoms with Gasteiger partial charge >= 0.3 is 5.69 Å². The SMILES string of the molecule is CC(C)Cn1c(=O)c(C(=O)N/C(=N/N)N(C)N)nn(C)c1=O. The lowest BCUT2D eigenvalue weighted by atomic mass is 10.2. The molecule has 5 N–H and O–H groups in total. The zero-order chi connectivity index (χ0) is 17.0. The number of hydrazine groups is 1. The first-order valence-electron chi connectivity index (χ1n) is 6.44. The topological polar surface area (TPSA) is 154 Å². The van der Waals surface area contributed by atoms with E-state index in [4.69, 9.17) is 11.7 Å². The lowest BCUT2D eigenvalue weighted by Gasteiger charge is -2.15. The molecule has 122 valence electrons. The van der Waals surface area contributed by atoms with Gasteiger partial charge in [0.25, 0.3) is 11.5 Å². The van der Waals surface area contributed by atoms with Crippen molar-refractivity contribution in [3.8, 4) is 0 Å². The van der Waals surface area contributed by atoms with Crippen molar-refractivity contribution < 1.29 is 4.79 Å². The van der Waals surface area contributed by atoms with E-state index in [1.807, 2.05) is 13.8 Å². The molecule has 11 heteroatoms. The smallest absolute Gasteiger partial charge is 0.320 e. The number of hydrazone groups is 1. The van der Waals surface area contributed by atoms with E-state index >= 15 is 0 Å². The second-order valence-corrected chi connectivity index (χ2v) is 5.08. The van der Waals surface area contributed by atoms with Gasteiger partial charge in [0.2, 0.25) is 11.7 Å². The Kier molecular flexibility index (Phi) is 5.40. The fourth-order valence-electron chi connectivity index (χ4n) is 1.67. The molecular weight excluding hydrogens is 292 g/mol. The van der Waals surface area contributed by atoms with Crippen molar-refractivity contribution in [1.29, 1.82) is 0 Å². The Hall–Kier alpha value is -2.69. The standard InChI is InChI=1S/C11H20N8O3/c1-6(2)5-19-9(21)7(16-18(4)11(19)22)8(20)14-10(15-12)17(3)13/h6H,5,12-13H2,1-4H3,(H,14,15,20). The van der Waals surface area contributed by atoms with Crippen LogP contribution >= 0.6 is 0 Å². The van der Waals surface area contributed by atoms with Gasteiger partial charge in [0.1, 0.15) is 0 Å². The number of amides is 1. The Morgan fingerprint density at radius 1 is 1.45 bits per heavy atom. The first-order chi connectivity index (χ1) is 10.2. The molecule has 22 heavy (non-hydrogen) atoms. The normalized spacial score (nSPS) is 11.6. The maximum absolute atomic E-state index is 12.3. The van der Waals surface area contributed by atoms with E-state index in [-0.39, 0.29) is 18.4 Å². The van der Waals surface area contributed by atoms with E-state index < -0.39 is 22.9 Å². The summed E-state index contributed by atoms with van der Waals surface area (Å²) in [4.78, 5) is 36.3. The lowest BCUT2D eigenvalue weighted by molar-refractivity contribution is 0.0962. The van der Waals surface area contributed by atoms with Crippen molar-refractivity contribution in [2.75, 3.05) is 7.05 Å². The predicted octanol–water partition coefficient (Wildman–Crippen LogP) is -2.64. The number of rotatable bonds is 3. The minimum Gasteiger partial charge on any atom is -0.320 e. The number of nitrogens with two attached hydrogens (primary N) is 2. The van der Waals surface area contributed by atoms with Crippen LogP contribution in [0, 0.1) is 5.92 Å². The number of aromatic nitrogens is 3. The summed E-state index contributed by atoms with van der Waals surface area (Å²) in [5.41, 5.74) is -1.84. The average Bonchev–Trinajstić information content (AvgIpc) is 2.43. The quantitative estimate of drug-likeness (QED) is 0.238. The number of carbonyl (C=O) groups excluding carboxylic acids is 1. The van der Waals surface area contributed by atoms with Gasteiger partial charge in [-0.05, 0) is 5.92 Å². The van der Waals surface area contributed by atoms with Crippen LogP contribution in [0.1, 0.15) is 24.3 Å². The van der Waals surface area contributed by atoms with E-state index in [2.05, 4.69) is 15.5 Å². The van der Waals surface area contributed by atoms with Crippen molar-refractivity contribution in [1.82, 2.24) is 24.7 Å². The molecule has 1 aromatic rings. The summed E-state index contributed by atoms with van der Waals surface area (Å²) in [5.74, 6) is 9.51. The van der Waals surface area contributed by atoms with Gasteiger partial charge in [-0.25, -0.2) is 15.3 Å². The molecule has 0 radical (unpaired) electrons. The largest absolute Gasteiger partial charge is 0.347 e. The van der Waals surface area contributed by atoms with Crippen LogP contribution in [0.25, 0.3) is 0 Å². The minimum absolute atomic E-state index is 0.0417. The van der Waals surface area contributed by atoms with Gasteiger partial charge in [-0.2, -0.15) is 5.10 Å². The second-order valence-electron chi connectivity index (χ2n) is 5.08. The van der Waals surface area contributed by atoms with Crippen LogP contribution in [0.4, 0.5) is 0 Å². The second kappa shape index (κ2) is 6.85. The van der Waals surface area contributed by atoms with E-state index in [9.17, 15) is 14.4 Å². The molecule has 0 saturated heterocycles. The third-order valence-electron chi connectivity index (χ3n) is 2.65. The zero-order valence-electron chi connectivity index (χ0n) is 12.9. The van der Waals surface area contributed by atoms with Crippen LogP contribution in [0.15, 0.2) is 14.7 Å². The highest BCUT2D eigenvalue weighted by Crippen LogP contribution is 1.94. The molecule has 0 saturated carbocycles. The lowest BCUT2D eigenvalue weighted by Crippen LogP contribution is -2.50. The molecule has 0 aliphatic carbocycles. The van der Waals surface area contributed by atoms with E-state index in [1.54, 1.807) is 0 Å². The molecule has 0 bridgehead atoms. The first-order valence-corrected chi connectivity index (χ1v) is 6.44. The average molecular weight is 312 g/mol. The highest BCUT2D eigenvalue weighted by Gasteiger charge is 2.20. The summed E-state index contributed by atoms with van der Waals surface area (Å²) in [7, 11) is 2.75. The summed E-state index contributed by atoms with van der Waals surface area (Å²) in [6.07, 6.45) is 0. The molecule has 0 aliphatic rings. The summed E-state index contributed by atoms with van der Waals surface area (Å²) in [5, 5.41) is 10.2. The molecule has 11 nitrogen and oxygen atoms in total. The van der Waals surface area contributed by atoms with Gasteiger partial charge in [-0.1, -0.05) is 13.8 Å². The van der Waals surface area contributed by atoms with Crippen LogP contribution in [0.2, 0.25) is 0 Å². The monoisotopic (exact) mass is 312 g/mol. The number of nitrogens with one attached hydrogen (secondary N) is 1. The van der Waals surface area contributed by atoms with Crippen LogP contribution in [-0.2, 0) is 13.6 Å². The molecule has 1 amide bonds. The Morgan fingerprint density at radius 2 is 2.05 bits per heavy atom. The fraction of sp³-hybridized carbons (Fsp3) is 0.545. The molecule has 0 fully saturated rings. The van der Waals surface area contributed by atoms with Crippen LogP contribution < -0.4 is 28.3 Å².